The Bertz CT molecular complexity index is 258. The average Bonchev–Trinajstić information content (AvgIpc) is 2.18. The molecule has 0 bridgehead atoms. The highest BCUT2D eigenvalue weighted by molar-refractivity contribution is 9.09. The van der Waals surface area contributed by atoms with Crippen molar-refractivity contribution in [1.82, 2.24) is 0 Å². The second-order valence-electron chi connectivity index (χ2n) is 4.07. The van der Waals surface area contributed by atoms with Gasteiger partial charge in [0.1, 0.15) is 0 Å². The van der Waals surface area contributed by atoms with E-state index in [0.717, 1.165) is 5.92 Å². The highest BCUT2D eigenvalue weighted by Crippen LogP contribution is 2.22. The van der Waals surface area contributed by atoms with Crippen LogP contribution >= 0.6 is 27.7 Å². The van der Waals surface area contributed by atoms with E-state index in [0.29, 0.717) is 4.83 Å². The number of halogens is 1. The molecular weight excluding hydrogens is 268 g/mol. The molecule has 0 aliphatic rings. The highest BCUT2D eigenvalue weighted by atomic mass is 79.9. The van der Waals surface area contributed by atoms with Crippen LogP contribution in [0.3, 0.4) is 0 Å². The lowest BCUT2D eigenvalue weighted by molar-refractivity contribution is 0.523. The van der Waals surface area contributed by atoms with Crippen molar-refractivity contribution in [2.24, 2.45) is 5.92 Å². The maximum atomic E-state index is 3.61. The summed E-state index contributed by atoms with van der Waals surface area (Å²) in [4.78, 5) is 2.03. The summed E-state index contributed by atoms with van der Waals surface area (Å²) in [7, 11) is 0. The fraction of sp³-hybridized carbons (Fsp3) is 0.538. The van der Waals surface area contributed by atoms with E-state index < -0.39 is 0 Å². The third-order valence-electron chi connectivity index (χ3n) is 2.35. The van der Waals surface area contributed by atoms with Crippen LogP contribution in [0.2, 0.25) is 0 Å². The van der Waals surface area contributed by atoms with Gasteiger partial charge in [0.15, 0.2) is 0 Å². The average molecular weight is 287 g/mol. The van der Waals surface area contributed by atoms with Crippen molar-refractivity contribution < 1.29 is 0 Å². The van der Waals surface area contributed by atoms with Gasteiger partial charge in [0, 0.05) is 9.72 Å². The van der Waals surface area contributed by atoms with Gasteiger partial charge in [-0.1, -0.05) is 48.0 Å². The fourth-order valence-corrected chi connectivity index (χ4v) is 3.31. The van der Waals surface area contributed by atoms with Gasteiger partial charge in [0.2, 0.25) is 0 Å². The number of hydrogen-bond donors (Lipinski definition) is 0. The first-order valence-electron chi connectivity index (χ1n) is 5.50. The minimum atomic E-state index is 0.647. The van der Waals surface area contributed by atoms with Crippen molar-refractivity contribution in [1.29, 1.82) is 0 Å². The quantitative estimate of drug-likeness (QED) is 0.525. The molecule has 0 amide bonds. The Labute approximate surface area is 106 Å². The maximum Gasteiger partial charge on any atom is 0.0120 e. The highest BCUT2D eigenvalue weighted by Gasteiger charge is 2.05. The molecule has 0 aliphatic carbocycles. The Morgan fingerprint density at radius 2 is 1.87 bits per heavy atom. The zero-order chi connectivity index (χ0) is 11.1. The number of alkyl halides is 1. The molecule has 0 nitrogen and oxygen atoms in total. The molecule has 1 aromatic rings. The largest absolute Gasteiger partial charge is 0.126 e. The molecule has 0 spiro atoms. The second kappa shape index (κ2) is 7.34. The first kappa shape index (κ1) is 13.1. The Morgan fingerprint density at radius 3 is 2.47 bits per heavy atom. The SMILES string of the molecule is CC(Br)CC(C)CCSc1ccccc1. The van der Waals surface area contributed by atoms with Crippen molar-refractivity contribution in [3.05, 3.63) is 30.3 Å². The van der Waals surface area contributed by atoms with Crippen LogP contribution in [-0.4, -0.2) is 10.6 Å². The van der Waals surface area contributed by atoms with Crippen LogP contribution in [0.5, 0.6) is 0 Å². The van der Waals surface area contributed by atoms with Gasteiger partial charge in [-0.05, 0) is 36.6 Å². The molecule has 1 aromatic carbocycles. The lowest BCUT2D eigenvalue weighted by atomic mass is 10.0. The van der Waals surface area contributed by atoms with Crippen molar-refractivity contribution in [3.8, 4) is 0 Å². The topological polar surface area (TPSA) is 0 Å². The van der Waals surface area contributed by atoms with Gasteiger partial charge in [-0.15, -0.1) is 11.8 Å². The Balaban J connectivity index is 2.16. The molecular formula is C13H19BrS. The molecule has 0 radical (unpaired) electrons. The van der Waals surface area contributed by atoms with Gasteiger partial charge in [0.25, 0.3) is 0 Å². The van der Waals surface area contributed by atoms with Crippen LogP contribution in [0.1, 0.15) is 26.7 Å². The van der Waals surface area contributed by atoms with E-state index in [-0.39, 0.29) is 0 Å². The summed E-state index contributed by atoms with van der Waals surface area (Å²) >= 11 is 5.57. The van der Waals surface area contributed by atoms with Crippen LogP contribution < -0.4 is 0 Å². The van der Waals surface area contributed by atoms with Crippen molar-refractivity contribution in [3.63, 3.8) is 0 Å². The van der Waals surface area contributed by atoms with E-state index >= 15 is 0 Å². The summed E-state index contributed by atoms with van der Waals surface area (Å²) in [5, 5.41) is 0. The monoisotopic (exact) mass is 286 g/mol. The molecule has 2 heteroatoms. The molecule has 0 saturated carbocycles. The number of benzene rings is 1. The van der Waals surface area contributed by atoms with E-state index in [4.69, 9.17) is 0 Å². The van der Waals surface area contributed by atoms with Gasteiger partial charge < -0.3 is 0 Å². The van der Waals surface area contributed by atoms with E-state index in [9.17, 15) is 0 Å². The van der Waals surface area contributed by atoms with Crippen LogP contribution in [0.25, 0.3) is 0 Å². The van der Waals surface area contributed by atoms with Crippen molar-refractivity contribution >= 4 is 27.7 Å². The van der Waals surface area contributed by atoms with Gasteiger partial charge in [-0.2, -0.15) is 0 Å². The third kappa shape index (κ3) is 6.26. The first-order chi connectivity index (χ1) is 7.18. The minimum absolute atomic E-state index is 0.647. The summed E-state index contributed by atoms with van der Waals surface area (Å²) in [6.07, 6.45) is 2.57. The lowest BCUT2D eigenvalue weighted by Gasteiger charge is -2.12. The summed E-state index contributed by atoms with van der Waals surface area (Å²) in [6, 6.07) is 10.6. The van der Waals surface area contributed by atoms with Gasteiger partial charge >= 0.3 is 0 Å². The Morgan fingerprint density at radius 1 is 1.20 bits per heavy atom. The van der Waals surface area contributed by atoms with E-state index in [1.165, 1.54) is 23.5 Å². The predicted octanol–water partition coefficient (Wildman–Crippen LogP) is 4.98. The van der Waals surface area contributed by atoms with Gasteiger partial charge in [-0.3, -0.25) is 0 Å². The van der Waals surface area contributed by atoms with Crippen LogP contribution in [0.15, 0.2) is 35.2 Å². The molecule has 2 unspecified atom stereocenters. The van der Waals surface area contributed by atoms with Crippen LogP contribution in [-0.2, 0) is 0 Å². The summed E-state index contributed by atoms with van der Waals surface area (Å²) < 4.78 is 0. The Kier molecular flexibility index (Phi) is 6.42. The Hall–Kier alpha value is 0.0500. The molecule has 0 saturated heterocycles. The summed E-state index contributed by atoms with van der Waals surface area (Å²) in [5.74, 6) is 2.04. The third-order valence-corrected chi connectivity index (χ3v) is 3.77. The smallest absolute Gasteiger partial charge is 0.0120 e. The number of thioether (sulfide) groups is 1. The van der Waals surface area contributed by atoms with Gasteiger partial charge in [-0.25, -0.2) is 0 Å². The van der Waals surface area contributed by atoms with Crippen molar-refractivity contribution in [2.45, 2.75) is 36.4 Å². The number of rotatable bonds is 6. The standard InChI is InChI=1S/C13H19BrS/c1-11(10-12(2)14)8-9-15-13-6-4-3-5-7-13/h3-7,11-12H,8-10H2,1-2H3. The molecule has 0 aliphatic heterocycles. The van der Waals surface area contributed by atoms with Crippen molar-refractivity contribution in [2.75, 3.05) is 5.75 Å². The predicted molar refractivity (Wildman–Crippen MR) is 74.0 cm³/mol. The first-order valence-corrected chi connectivity index (χ1v) is 7.40. The fourth-order valence-electron chi connectivity index (χ4n) is 1.57. The van der Waals surface area contributed by atoms with E-state index in [1.54, 1.807) is 0 Å². The zero-order valence-corrected chi connectivity index (χ0v) is 11.9. The zero-order valence-electron chi connectivity index (χ0n) is 9.45. The molecule has 0 heterocycles. The summed E-state index contributed by atoms with van der Waals surface area (Å²) in [5.41, 5.74) is 0. The molecule has 2 atom stereocenters. The molecule has 1 rings (SSSR count). The molecule has 15 heavy (non-hydrogen) atoms. The molecule has 84 valence electrons. The lowest BCUT2D eigenvalue weighted by Crippen LogP contribution is -2.02. The maximum absolute atomic E-state index is 3.61. The molecule has 0 fully saturated rings. The normalized spacial score (nSPS) is 14.9. The van der Waals surface area contributed by atoms with E-state index in [2.05, 4.69) is 60.1 Å². The van der Waals surface area contributed by atoms with Crippen LogP contribution in [0.4, 0.5) is 0 Å². The molecule has 0 aromatic heterocycles. The summed E-state index contributed by atoms with van der Waals surface area (Å²) in [6.45, 7) is 4.56. The van der Waals surface area contributed by atoms with E-state index in [1.807, 2.05) is 11.8 Å². The number of hydrogen-bond acceptors (Lipinski definition) is 1. The minimum Gasteiger partial charge on any atom is -0.126 e. The van der Waals surface area contributed by atoms with Gasteiger partial charge in [0.05, 0.1) is 0 Å². The molecule has 0 N–H and O–H groups in total. The second-order valence-corrected chi connectivity index (χ2v) is 6.80. The van der Waals surface area contributed by atoms with Crippen LogP contribution in [0, 0.1) is 5.92 Å².